The number of hydrogen-bond acceptors (Lipinski definition) is 3. The van der Waals surface area contributed by atoms with Crippen molar-refractivity contribution in [1.82, 2.24) is 24.9 Å². The zero-order valence-corrected chi connectivity index (χ0v) is 18.0. The highest BCUT2D eigenvalue weighted by Gasteiger charge is 2.32. The average molecular weight is 432 g/mol. The second-order valence-corrected chi connectivity index (χ2v) is 8.68. The Balaban J connectivity index is 1.23. The fourth-order valence-corrected chi connectivity index (χ4v) is 4.77. The summed E-state index contributed by atoms with van der Waals surface area (Å²) >= 11 is 0. The lowest BCUT2D eigenvalue weighted by Crippen LogP contribution is -2.34. The fraction of sp³-hybridized carbons (Fsp3) is 0.320. The third kappa shape index (κ3) is 4.02. The smallest absolute Gasteiger partial charge is 0.223 e. The van der Waals surface area contributed by atoms with Crippen molar-refractivity contribution in [2.45, 2.75) is 38.8 Å². The number of rotatable bonds is 6. The second kappa shape index (κ2) is 8.57. The number of halogens is 1. The van der Waals surface area contributed by atoms with Crippen LogP contribution in [0, 0.1) is 11.7 Å². The number of aryl methyl sites for hydroxylation is 1. The molecule has 0 saturated carbocycles. The van der Waals surface area contributed by atoms with Gasteiger partial charge >= 0.3 is 0 Å². The molecule has 1 unspecified atom stereocenters. The highest BCUT2D eigenvalue weighted by atomic mass is 19.1. The van der Waals surface area contributed by atoms with Gasteiger partial charge in [-0.1, -0.05) is 24.3 Å². The molecule has 1 N–H and O–H groups in total. The molecule has 1 amide bonds. The van der Waals surface area contributed by atoms with Crippen LogP contribution in [0.4, 0.5) is 4.39 Å². The van der Waals surface area contributed by atoms with Gasteiger partial charge in [-0.05, 0) is 55.0 Å². The molecule has 2 aromatic carbocycles. The first-order valence-electron chi connectivity index (χ1n) is 11.1. The number of H-pyrrole nitrogens is 1. The Kier molecular flexibility index (Phi) is 5.47. The van der Waals surface area contributed by atoms with Crippen LogP contribution in [0.2, 0.25) is 0 Å². The van der Waals surface area contributed by atoms with Gasteiger partial charge in [0.2, 0.25) is 5.91 Å². The van der Waals surface area contributed by atoms with Crippen LogP contribution >= 0.6 is 0 Å². The number of carbonyl (C=O) groups is 1. The molecule has 6 nitrogen and oxygen atoms in total. The molecule has 0 bridgehead atoms. The van der Waals surface area contributed by atoms with Gasteiger partial charge in [-0.25, -0.2) is 4.39 Å². The number of amides is 1. The first-order chi connectivity index (χ1) is 15.6. The van der Waals surface area contributed by atoms with Crippen molar-refractivity contribution in [2.24, 2.45) is 5.92 Å². The van der Waals surface area contributed by atoms with Gasteiger partial charge < -0.3 is 4.90 Å². The Morgan fingerprint density at radius 3 is 2.88 bits per heavy atom. The minimum Gasteiger partial charge on any atom is -0.340 e. The molecule has 1 aliphatic rings. The summed E-state index contributed by atoms with van der Waals surface area (Å²) in [6, 6.07) is 13.2. The number of nitrogens with zero attached hydrogens (tertiary/aromatic N) is 4. The van der Waals surface area contributed by atoms with Gasteiger partial charge in [0.1, 0.15) is 5.82 Å². The lowest BCUT2D eigenvalue weighted by atomic mass is 10.1. The summed E-state index contributed by atoms with van der Waals surface area (Å²) < 4.78 is 15.9. The van der Waals surface area contributed by atoms with Crippen LogP contribution in [-0.2, 0) is 17.8 Å². The minimum absolute atomic E-state index is 0.0957. The first kappa shape index (κ1) is 20.4. The Bertz CT molecular complexity index is 1230. The van der Waals surface area contributed by atoms with Gasteiger partial charge in [-0.3, -0.25) is 14.6 Å². The molecule has 2 aromatic heterocycles. The van der Waals surface area contributed by atoms with Crippen molar-refractivity contribution in [3.63, 3.8) is 0 Å². The summed E-state index contributed by atoms with van der Waals surface area (Å²) in [6.07, 6.45) is 7.29. The van der Waals surface area contributed by atoms with E-state index >= 15 is 0 Å². The van der Waals surface area contributed by atoms with E-state index in [9.17, 15) is 9.18 Å². The molecule has 1 fully saturated rings. The van der Waals surface area contributed by atoms with Crippen molar-refractivity contribution >= 4 is 16.8 Å². The van der Waals surface area contributed by atoms with Gasteiger partial charge in [-0.2, -0.15) is 10.2 Å². The van der Waals surface area contributed by atoms with E-state index in [1.54, 1.807) is 12.1 Å². The van der Waals surface area contributed by atoms with E-state index in [4.69, 9.17) is 0 Å². The topological polar surface area (TPSA) is 66.8 Å². The van der Waals surface area contributed by atoms with Crippen LogP contribution in [0.15, 0.2) is 61.1 Å². The molecule has 0 aliphatic carbocycles. The Hall–Kier alpha value is -3.48. The van der Waals surface area contributed by atoms with Gasteiger partial charge in [0.05, 0.1) is 17.9 Å². The summed E-state index contributed by atoms with van der Waals surface area (Å²) in [5.41, 5.74) is 3.84. The molecule has 7 heteroatoms. The van der Waals surface area contributed by atoms with Crippen molar-refractivity contribution in [1.29, 1.82) is 0 Å². The number of hydrogen-bond donors (Lipinski definition) is 1. The minimum atomic E-state index is -0.242. The zero-order valence-electron chi connectivity index (χ0n) is 18.0. The lowest BCUT2D eigenvalue weighted by molar-refractivity contribution is -0.131. The molecular formula is C25H26FN5O. The van der Waals surface area contributed by atoms with Gasteiger partial charge in [0.25, 0.3) is 0 Å². The van der Waals surface area contributed by atoms with E-state index < -0.39 is 0 Å². The Morgan fingerprint density at radius 2 is 2.06 bits per heavy atom. The lowest BCUT2D eigenvalue weighted by Gasteiger charge is -2.21. The number of aromatic nitrogens is 4. The van der Waals surface area contributed by atoms with Crippen LogP contribution in [0.5, 0.6) is 0 Å². The van der Waals surface area contributed by atoms with E-state index in [2.05, 4.69) is 40.4 Å². The van der Waals surface area contributed by atoms with Crippen LogP contribution in [0.25, 0.3) is 22.0 Å². The highest BCUT2D eigenvalue weighted by molar-refractivity contribution is 5.84. The van der Waals surface area contributed by atoms with Crippen molar-refractivity contribution < 1.29 is 9.18 Å². The maximum atomic E-state index is 13.9. The quantitative estimate of drug-likeness (QED) is 0.491. The van der Waals surface area contributed by atoms with Crippen LogP contribution in [-0.4, -0.2) is 43.4 Å². The Labute approximate surface area is 186 Å². The molecule has 0 spiro atoms. The molecule has 1 saturated heterocycles. The summed E-state index contributed by atoms with van der Waals surface area (Å²) in [6.45, 7) is 3.58. The summed E-state index contributed by atoms with van der Waals surface area (Å²) in [4.78, 5) is 14.8. The first-order valence-corrected chi connectivity index (χ1v) is 11.1. The number of carbonyl (C=O) groups excluding carboxylic acids is 1. The average Bonchev–Trinajstić information content (AvgIpc) is 3.54. The molecule has 1 aliphatic heterocycles. The SMILES string of the molecule is C[C@H]1CC(Cn2ncc3cc(-c4cn[nH]c4)ccc32)CN1C(=O)CCc1ccccc1F. The van der Waals surface area contributed by atoms with Crippen molar-refractivity contribution in [3.05, 3.63) is 72.4 Å². The van der Waals surface area contributed by atoms with E-state index in [-0.39, 0.29) is 17.8 Å². The number of aromatic amines is 1. The molecule has 0 radical (unpaired) electrons. The molecule has 2 atom stereocenters. The zero-order chi connectivity index (χ0) is 22.1. The van der Waals surface area contributed by atoms with Crippen LogP contribution < -0.4 is 0 Å². The van der Waals surface area contributed by atoms with Gasteiger partial charge in [0, 0.05) is 42.7 Å². The van der Waals surface area contributed by atoms with Gasteiger partial charge in [-0.15, -0.1) is 0 Å². The fourth-order valence-electron chi connectivity index (χ4n) is 4.77. The number of nitrogens with one attached hydrogen (secondary N) is 1. The number of fused-ring (bicyclic) bond motifs is 1. The van der Waals surface area contributed by atoms with Gasteiger partial charge in [0.15, 0.2) is 0 Å². The maximum absolute atomic E-state index is 13.9. The highest BCUT2D eigenvalue weighted by Crippen LogP contribution is 2.28. The molecule has 4 aromatic rings. The summed E-state index contributed by atoms with van der Waals surface area (Å²) in [5, 5.41) is 12.6. The largest absolute Gasteiger partial charge is 0.340 e. The van der Waals surface area contributed by atoms with Crippen molar-refractivity contribution in [3.8, 4) is 11.1 Å². The normalized spacial score (nSPS) is 18.5. The second-order valence-electron chi connectivity index (χ2n) is 8.68. The third-order valence-electron chi connectivity index (χ3n) is 6.45. The van der Waals surface area contributed by atoms with E-state index in [0.717, 1.165) is 35.0 Å². The number of benzene rings is 2. The maximum Gasteiger partial charge on any atom is 0.223 e. The number of likely N-dealkylation sites (tertiary alicyclic amines) is 1. The molecule has 164 valence electrons. The predicted octanol–water partition coefficient (Wildman–Crippen LogP) is 4.44. The predicted molar refractivity (Wildman–Crippen MR) is 121 cm³/mol. The van der Waals surface area contributed by atoms with Crippen molar-refractivity contribution in [2.75, 3.05) is 6.54 Å². The molecule has 5 rings (SSSR count). The molecule has 32 heavy (non-hydrogen) atoms. The van der Waals surface area contributed by atoms with E-state index in [0.29, 0.717) is 30.9 Å². The van der Waals surface area contributed by atoms with Crippen LogP contribution in [0.3, 0.4) is 0 Å². The van der Waals surface area contributed by atoms with Crippen LogP contribution in [0.1, 0.15) is 25.3 Å². The Morgan fingerprint density at radius 1 is 1.19 bits per heavy atom. The molecular weight excluding hydrogens is 405 g/mol. The van der Waals surface area contributed by atoms with E-state index in [1.165, 1.54) is 6.07 Å². The third-order valence-corrected chi connectivity index (χ3v) is 6.45. The summed E-state index contributed by atoms with van der Waals surface area (Å²) in [7, 11) is 0. The van der Waals surface area contributed by atoms with E-state index in [1.807, 2.05) is 34.2 Å². The summed E-state index contributed by atoms with van der Waals surface area (Å²) in [5.74, 6) is 0.200. The molecule has 3 heterocycles. The monoisotopic (exact) mass is 431 g/mol. The standard InChI is InChI=1S/C25H26FN5O/c1-17-10-18(15-30(17)25(32)9-7-19-4-2-3-5-23(19)26)16-31-24-8-6-20(11-21(24)14-29-31)22-12-27-28-13-22/h2-6,8,11-14,17-18H,7,9-10,15-16H2,1H3,(H,27,28)/t17-,18?/m0/s1.